The zero-order valence-corrected chi connectivity index (χ0v) is 27.0. The Hall–Kier alpha value is -4.29. The molecule has 10 nitrogen and oxygen atoms in total. The van der Waals surface area contributed by atoms with Crippen molar-refractivity contribution < 1.29 is 23.8 Å². The average Bonchev–Trinajstić information content (AvgIpc) is 3.76. The maximum Gasteiger partial charge on any atom is 0.323 e. The number of aliphatic carboxylic acids is 1. The molecule has 47 heavy (non-hydrogen) atoms. The van der Waals surface area contributed by atoms with Gasteiger partial charge in [0, 0.05) is 66.1 Å². The Bertz CT molecular complexity index is 1840. The molecule has 0 radical (unpaired) electrons. The lowest BCUT2D eigenvalue weighted by atomic mass is 10.00. The molecule has 1 saturated carbocycles. The van der Waals surface area contributed by atoms with Crippen molar-refractivity contribution in [2.45, 2.75) is 50.4 Å². The number of amides is 1. The van der Waals surface area contributed by atoms with Gasteiger partial charge in [-0.3, -0.25) is 14.9 Å². The summed E-state index contributed by atoms with van der Waals surface area (Å²) in [4.78, 5) is 31.9. The van der Waals surface area contributed by atoms with Gasteiger partial charge in [0.25, 0.3) is 0 Å². The van der Waals surface area contributed by atoms with Crippen molar-refractivity contribution in [3.8, 4) is 28.3 Å². The van der Waals surface area contributed by atoms with E-state index in [1.54, 1.807) is 19.2 Å². The summed E-state index contributed by atoms with van der Waals surface area (Å²) >= 11 is 13.9. The van der Waals surface area contributed by atoms with E-state index in [1.165, 1.54) is 12.3 Å². The molecule has 1 atom stereocenters. The highest BCUT2D eigenvalue weighted by molar-refractivity contribution is 6.39. The molecule has 4 aromatic rings. The Labute approximate surface area is 281 Å². The molecule has 0 bridgehead atoms. The third-order valence-corrected chi connectivity index (χ3v) is 9.30. The van der Waals surface area contributed by atoms with E-state index in [0.29, 0.717) is 76.3 Å². The number of carbonyl (C=O) groups is 2. The average molecular weight is 680 g/mol. The van der Waals surface area contributed by atoms with Crippen LogP contribution in [0.4, 0.5) is 15.9 Å². The first-order valence-electron chi connectivity index (χ1n) is 15.2. The van der Waals surface area contributed by atoms with Crippen LogP contribution in [-0.2, 0) is 22.7 Å². The van der Waals surface area contributed by atoms with Gasteiger partial charge in [-0.05, 0) is 37.5 Å². The summed E-state index contributed by atoms with van der Waals surface area (Å²) in [7, 11) is 1.56. The van der Waals surface area contributed by atoms with Crippen LogP contribution in [0.25, 0.3) is 22.4 Å². The number of halogens is 3. The number of hydrogen-bond acceptors (Lipinski definition) is 8. The second kappa shape index (κ2) is 13.8. The van der Waals surface area contributed by atoms with Crippen LogP contribution in [0.1, 0.15) is 36.8 Å². The van der Waals surface area contributed by atoms with Crippen molar-refractivity contribution in [2.75, 3.05) is 19.0 Å². The summed E-state index contributed by atoms with van der Waals surface area (Å²) < 4.78 is 21.0. The van der Waals surface area contributed by atoms with Crippen molar-refractivity contribution in [2.24, 2.45) is 0 Å². The highest BCUT2D eigenvalue weighted by Gasteiger charge is 2.49. The predicted molar refractivity (Wildman–Crippen MR) is 178 cm³/mol. The summed E-state index contributed by atoms with van der Waals surface area (Å²) in [6.07, 6.45) is 3.83. The SMILES string of the molecule is COc1nc(-c2cccc(-c3cccc(Nc4nccc(CNC5(C(=O)O)CC5)c4F)c3Cl)c2Cl)ccc1CNC[C@@H]1CCC(=O)N1. The van der Waals surface area contributed by atoms with Crippen molar-refractivity contribution in [1.29, 1.82) is 0 Å². The van der Waals surface area contributed by atoms with Gasteiger partial charge in [-0.25, -0.2) is 14.4 Å². The smallest absolute Gasteiger partial charge is 0.323 e. The molecule has 1 saturated heterocycles. The van der Waals surface area contributed by atoms with E-state index in [4.69, 9.17) is 32.9 Å². The highest BCUT2D eigenvalue weighted by Crippen LogP contribution is 2.42. The Morgan fingerprint density at radius 1 is 1.04 bits per heavy atom. The van der Waals surface area contributed by atoms with Crippen LogP contribution in [-0.4, -0.2) is 52.2 Å². The molecule has 6 rings (SSSR count). The van der Waals surface area contributed by atoms with Gasteiger partial charge in [-0.2, -0.15) is 0 Å². The number of hydrogen-bond donors (Lipinski definition) is 5. The lowest BCUT2D eigenvalue weighted by Gasteiger charge is -2.17. The monoisotopic (exact) mass is 678 g/mol. The normalized spacial score (nSPS) is 16.5. The molecule has 2 fully saturated rings. The molecule has 2 aliphatic rings. The predicted octanol–water partition coefficient (Wildman–Crippen LogP) is 6.08. The minimum absolute atomic E-state index is 0.0396. The highest BCUT2D eigenvalue weighted by atomic mass is 35.5. The molecule has 5 N–H and O–H groups in total. The number of pyridine rings is 2. The number of carboxylic acid groups (broad SMARTS) is 1. The molecular weight excluding hydrogens is 646 g/mol. The molecule has 0 spiro atoms. The first-order valence-corrected chi connectivity index (χ1v) is 16.0. The van der Waals surface area contributed by atoms with Crippen molar-refractivity contribution >= 4 is 46.6 Å². The Kier molecular flexibility index (Phi) is 9.60. The molecule has 1 aliphatic carbocycles. The van der Waals surface area contributed by atoms with Crippen LogP contribution in [0, 0.1) is 5.82 Å². The van der Waals surface area contributed by atoms with E-state index in [0.717, 1.165) is 12.0 Å². The van der Waals surface area contributed by atoms with E-state index >= 15 is 4.39 Å². The number of methoxy groups -OCH3 is 1. The third kappa shape index (κ3) is 7.03. The van der Waals surface area contributed by atoms with Crippen LogP contribution in [0.5, 0.6) is 5.88 Å². The van der Waals surface area contributed by atoms with Crippen LogP contribution >= 0.6 is 23.2 Å². The van der Waals surface area contributed by atoms with Gasteiger partial charge < -0.3 is 25.8 Å². The largest absolute Gasteiger partial charge is 0.481 e. The van der Waals surface area contributed by atoms with Gasteiger partial charge in [-0.15, -0.1) is 0 Å². The Morgan fingerprint density at radius 3 is 2.49 bits per heavy atom. The van der Waals surface area contributed by atoms with Crippen molar-refractivity contribution in [3.05, 3.63) is 87.8 Å². The second-order valence-corrected chi connectivity index (χ2v) is 12.4. The minimum Gasteiger partial charge on any atom is -0.481 e. The van der Waals surface area contributed by atoms with Gasteiger partial charge >= 0.3 is 5.97 Å². The fourth-order valence-electron chi connectivity index (χ4n) is 5.61. The molecule has 1 amide bonds. The zero-order valence-electron chi connectivity index (χ0n) is 25.5. The standard InChI is InChI=1S/C34H33Cl2FN6O4/c1-47-32-20(16-38-18-21-9-11-27(44)41-21)8-10-25(43-32)24-6-2-4-22(28(24)35)23-5-3-7-26(29(23)36)42-31-30(37)19(12-15-39-31)17-40-34(13-14-34)33(45)46/h2-8,10,12,15,21,38,40H,9,11,13-14,16-18H2,1H3,(H,39,42)(H,41,44)(H,45,46)/t21-/m0/s1. The van der Waals surface area contributed by atoms with Crippen molar-refractivity contribution in [3.63, 3.8) is 0 Å². The molecule has 244 valence electrons. The van der Waals surface area contributed by atoms with E-state index in [2.05, 4.69) is 26.3 Å². The van der Waals surface area contributed by atoms with Gasteiger partial charge in [0.2, 0.25) is 11.8 Å². The number of carbonyl (C=O) groups excluding carboxylic acids is 1. The molecule has 3 heterocycles. The van der Waals surface area contributed by atoms with Crippen LogP contribution in [0.15, 0.2) is 60.8 Å². The lowest BCUT2D eigenvalue weighted by molar-refractivity contribution is -0.140. The van der Waals surface area contributed by atoms with E-state index in [1.807, 2.05) is 36.4 Å². The van der Waals surface area contributed by atoms with Gasteiger partial charge in [0.1, 0.15) is 5.54 Å². The van der Waals surface area contributed by atoms with Crippen LogP contribution in [0.2, 0.25) is 10.0 Å². The van der Waals surface area contributed by atoms with E-state index < -0.39 is 17.3 Å². The molecule has 13 heteroatoms. The number of nitrogens with zero attached hydrogens (tertiary/aromatic N) is 2. The number of benzene rings is 2. The van der Waals surface area contributed by atoms with E-state index in [-0.39, 0.29) is 29.9 Å². The summed E-state index contributed by atoms with van der Waals surface area (Å²) in [6.45, 7) is 1.21. The van der Waals surface area contributed by atoms with Crippen LogP contribution < -0.4 is 26.0 Å². The summed E-state index contributed by atoms with van der Waals surface area (Å²) in [5, 5.41) is 22.4. The van der Waals surface area contributed by atoms with Gasteiger partial charge in [0.15, 0.2) is 11.6 Å². The number of carboxylic acids is 1. The quantitative estimate of drug-likeness (QED) is 0.114. The summed E-state index contributed by atoms with van der Waals surface area (Å²) in [5.41, 5.74) is 3.12. The van der Waals surface area contributed by atoms with Gasteiger partial charge in [-0.1, -0.05) is 59.6 Å². The minimum atomic E-state index is -0.995. The molecule has 0 unspecified atom stereocenters. The molecule has 2 aromatic carbocycles. The zero-order chi connectivity index (χ0) is 33.1. The fourth-order valence-corrected chi connectivity index (χ4v) is 6.21. The number of nitrogens with one attached hydrogen (secondary N) is 4. The lowest BCUT2D eigenvalue weighted by Crippen LogP contribution is -2.38. The molecule has 2 aromatic heterocycles. The van der Waals surface area contributed by atoms with Crippen molar-refractivity contribution in [1.82, 2.24) is 25.9 Å². The summed E-state index contributed by atoms with van der Waals surface area (Å²) in [5.74, 6) is -1.05. The summed E-state index contributed by atoms with van der Waals surface area (Å²) in [6, 6.07) is 16.3. The number of rotatable bonds is 13. The Balaban J connectivity index is 1.20. The molecule has 1 aliphatic heterocycles. The Morgan fingerprint density at radius 2 is 1.79 bits per heavy atom. The maximum atomic E-state index is 15.4. The topological polar surface area (TPSA) is 138 Å². The second-order valence-electron chi connectivity index (χ2n) is 11.6. The fraction of sp³-hybridized carbons (Fsp3) is 0.294. The van der Waals surface area contributed by atoms with E-state index in [9.17, 15) is 14.7 Å². The van der Waals surface area contributed by atoms with Crippen LogP contribution in [0.3, 0.4) is 0 Å². The van der Waals surface area contributed by atoms with Gasteiger partial charge in [0.05, 0.1) is 28.5 Å². The number of anilines is 2. The third-order valence-electron chi connectivity index (χ3n) is 8.49. The number of ether oxygens (including phenoxy) is 1. The first-order chi connectivity index (χ1) is 22.7. The number of aromatic nitrogens is 2. The molecular formula is C34H33Cl2FN6O4. The maximum absolute atomic E-state index is 15.4. The first kappa shape index (κ1) is 32.6.